The lowest BCUT2D eigenvalue weighted by Gasteiger charge is -2.21. The number of benzene rings is 1. The first-order chi connectivity index (χ1) is 16.0. The zero-order chi connectivity index (χ0) is 23.4. The molecule has 1 atom stereocenters. The number of nitrogens with zero attached hydrogens (tertiary/aromatic N) is 4. The van der Waals surface area contributed by atoms with E-state index in [1.807, 2.05) is 13.0 Å². The SMILES string of the molecule is COCCOc1ncc(Cl)cc1Nc1nccc(-c2cc(C#N)c3c(c2)[C@@](C)(CO)CN3)n1. The third kappa shape index (κ3) is 4.68. The number of methoxy groups -OCH3 is 1. The Morgan fingerprint density at radius 3 is 2.91 bits per heavy atom. The maximum Gasteiger partial charge on any atom is 0.237 e. The Kier molecular flexibility index (Phi) is 6.60. The Hall–Kier alpha value is -3.45. The molecule has 33 heavy (non-hydrogen) atoms. The molecule has 0 amide bonds. The second kappa shape index (κ2) is 9.58. The minimum Gasteiger partial charge on any atom is -0.474 e. The minimum atomic E-state index is -0.480. The number of ether oxygens (including phenoxy) is 2. The standard InChI is InChI=1S/C23H23ClN6O3/c1-23(13-31)12-28-20-15(10-25)7-14(8-17(20)23)18-3-4-26-22(29-18)30-19-9-16(24)11-27-21(19)33-6-5-32-2/h3-4,7-9,11,28,31H,5-6,12-13H2,1-2H3,(H,26,29,30)/t23-/m1/s1. The monoisotopic (exact) mass is 466 g/mol. The molecule has 0 bridgehead atoms. The summed E-state index contributed by atoms with van der Waals surface area (Å²) in [7, 11) is 1.59. The number of halogens is 1. The van der Waals surface area contributed by atoms with Crippen LogP contribution in [0.25, 0.3) is 11.3 Å². The van der Waals surface area contributed by atoms with Crippen LogP contribution in [0.3, 0.4) is 0 Å². The van der Waals surface area contributed by atoms with E-state index in [2.05, 4.69) is 31.7 Å². The van der Waals surface area contributed by atoms with Gasteiger partial charge in [-0.25, -0.2) is 15.0 Å². The fourth-order valence-electron chi connectivity index (χ4n) is 3.62. The highest BCUT2D eigenvalue weighted by molar-refractivity contribution is 6.30. The van der Waals surface area contributed by atoms with Gasteiger partial charge in [-0.1, -0.05) is 18.5 Å². The van der Waals surface area contributed by atoms with E-state index in [1.165, 1.54) is 6.20 Å². The number of rotatable bonds is 8. The van der Waals surface area contributed by atoms with Crippen molar-refractivity contribution < 1.29 is 14.6 Å². The Balaban J connectivity index is 1.67. The Morgan fingerprint density at radius 2 is 2.15 bits per heavy atom. The minimum absolute atomic E-state index is 0.0362. The summed E-state index contributed by atoms with van der Waals surface area (Å²) in [6, 6.07) is 9.41. The van der Waals surface area contributed by atoms with Crippen molar-refractivity contribution in [2.45, 2.75) is 12.3 Å². The van der Waals surface area contributed by atoms with Crippen molar-refractivity contribution in [1.29, 1.82) is 5.26 Å². The zero-order valence-corrected chi connectivity index (χ0v) is 19.0. The number of fused-ring (bicyclic) bond motifs is 1. The average Bonchev–Trinajstić information content (AvgIpc) is 3.17. The fraction of sp³-hybridized carbons (Fsp3) is 0.304. The van der Waals surface area contributed by atoms with Gasteiger partial charge in [0.25, 0.3) is 0 Å². The first-order valence-electron chi connectivity index (χ1n) is 10.3. The van der Waals surface area contributed by atoms with Crippen LogP contribution in [0.15, 0.2) is 36.7 Å². The maximum absolute atomic E-state index is 9.94. The molecule has 1 aromatic carbocycles. The van der Waals surface area contributed by atoms with Crippen LogP contribution < -0.4 is 15.4 Å². The molecule has 0 aliphatic carbocycles. The quantitative estimate of drug-likeness (QED) is 0.427. The fourth-order valence-corrected chi connectivity index (χ4v) is 3.78. The summed E-state index contributed by atoms with van der Waals surface area (Å²) in [6.45, 7) is 3.22. The highest BCUT2D eigenvalue weighted by Crippen LogP contribution is 2.41. The van der Waals surface area contributed by atoms with Crippen LogP contribution in [0.1, 0.15) is 18.1 Å². The largest absolute Gasteiger partial charge is 0.474 e. The third-order valence-electron chi connectivity index (χ3n) is 5.46. The molecule has 0 fully saturated rings. The molecule has 0 spiro atoms. The second-order valence-corrected chi connectivity index (χ2v) is 8.30. The number of pyridine rings is 1. The number of hydrogen-bond acceptors (Lipinski definition) is 9. The third-order valence-corrected chi connectivity index (χ3v) is 5.66. The normalized spacial score (nSPS) is 16.6. The van der Waals surface area contributed by atoms with E-state index < -0.39 is 5.41 Å². The van der Waals surface area contributed by atoms with Gasteiger partial charge >= 0.3 is 0 Å². The highest BCUT2D eigenvalue weighted by atomic mass is 35.5. The molecule has 1 aliphatic heterocycles. The zero-order valence-electron chi connectivity index (χ0n) is 18.2. The summed E-state index contributed by atoms with van der Waals surface area (Å²) in [6.07, 6.45) is 3.11. The van der Waals surface area contributed by atoms with Crippen molar-refractivity contribution in [2.24, 2.45) is 0 Å². The molecule has 4 rings (SSSR count). The summed E-state index contributed by atoms with van der Waals surface area (Å²) in [4.78, 5) is 13.1. The van der Waals surface area contributed by atoms with Gasteiger partial charge in [0, 0.05) is 37.0 Å². The van der Waals surface area contributed by atoms with E-state index in [-0.39, 0.29) is 6.61 Å². The van der Waals surface area contributed by atoms with E-state index in [4.69, 9.17) is 21.1 Å². The second-order valence-electron chi connectivity index (χ2n) is 7.87. The predicted octanol–water partition coefficient (Wildman–Crippen LogP) is 3.51. The molecule has 3 N–H and O–H groups in total. The molecular weight excluding hydrogens is 444 g/mol. The van der Waals surface area contributed by atoms with E-state index in [0.717, 1.165) is 16.8 Å². The van der Waals surface area contributed by atoms with Gasteiger partial charge in [0.1, 0.15) is 18.4 Å². The lowest BCUT2D eigenvalue weighted by atomic mass is 9.83. The molecule has 1 aliphatic rings. The predicted molar refractivity (Wildman–Crippen MR) is 125 cm³/mol. The van der Waals surface area contributed by atoms with Gasteiger partial charge in [-0.15, -0.1) is 0 Å². The molecule has 0 saturated heterocycles. The number of aliphatic hydroxyl groups excluding tert-OH is 1. The molecule has 0 unspecified atom stereocenters. The number of nitriles is 1. The van der Waals surface area contributed by atoms with Gasteiger partial charge in [-0.05, 0) is 29.8 Å². The Morgan fingerprint density at radius 1 is 1.30 bits per heavy atom. The van der Waals surface area contributed by atoms with Crippen LogP contribution in [-0.2, 0) is 10.2 Å². The van der Waals surface area contributed by atoms with Crippen molar-refractivity contribution in [1.82, 2.24) is 15.0 Å². The van der Waals surface area contributed by atoms with Crippen molar-refractivity contribution in [3.63, 3.8) is 0 Å². The Labute approximate surface area is 196 Å². The number of hydrogen-bond donors (Lipinski definition) is 3. The van der Waals surface area contributed by atoms with Gasteiger partial charge in [-0.2, -0.15) is 5.26 Å². The topological polar surface area (TPSA) is 125 Å². The van der Waals surface area contributed by atoms with Crippen molar-refractivity contribution >= 4 is 28.9 Å². The Bertz CT molecular complexity index is 1220. The summed E-state index contributed by atoms with van der Waals surface area (Å²) in [5, 5.41) is 26.4. The lowest BCUT2D eigenvalue weighted by molar-refractivity contribution is 0.144. The molecule has 0 saturated carbocycles. The molecule has 2 aromatic heterocycles. The number of aromatic nitrogens is 3. The van der Waals surface area contributed by atoms with Crippen LogP contribution in [0.5, 0.6) is 5.88 Å². The smallest absolute Gasteiger partial charge is 0.237 e. The molecule has 3 heterocycles. The van der Waals surface area contributed by atoms with E-state index >= 15 is 0 Å². The first kappa shape index (κ1) is 22.7. The van der Waals surface area contributed by atoms with Gasteiger partial charge in [0.05, 0.1) is 35.2 Å². The molecule has 170 valence electrons. The van der Waals surface area contributed by atoms with Crippen LogP contribution >= 0.6 is 11.6 Å². The molecule has 3 aromatic rings. The van der Waals surface area contributed by atoms with Crippen LogP contribution in [-0.4, -0.2) is 53.5 Å². The molecule has 9 nitrogen and oxygen atoms in total. The summed E-state index contributed by atoms with van der Waals surface area (Å²) < 4.78 is 10.7. The summed E-state index contributed by atoms with van der Waals surface area (Å²) >= 11 is 6.12. The highest BCUT2D eigenvalue weighted by Gasteiger charge is 2.36. The first-order valence-corrected chi connectivity index (χ1v) is 10.7. The van der Waals surface area contributed by atoms with E-state index in [1.54, 1.807) is 31.5 Å². The van der Waals surface area contributed by atoms with E-state index in [9.17, 15) is 10.4 Å². The number of nitrogens with one attached hydrogen (secondary N) is 2. The van der Waals surface area contributed by atoms with Gasteiger partial charge in [0.2, 0.25) is 11.8 Å². The molecule has 10 heteroatoms. The van der Waals surface area contributed by atoms with Gasteiger partial charge in [-0.3, -0.25) is 0 Å². The van der Waals surface area contributed by atoms with Crippen molar-refractivity contribution in [2.75, 3.05) is 44.1 Å². The average molecular weight is 467 g/mol. The molecular formula is C23H23ClN6O3. The number of anilines is 3. The maximum atomic E-state index is 9.94. The number of aliphatic hydroxyl groups is 1. The van der Waals surface area contributed by atoms with Gasteiger partial charge < -0.3 is 25.2 Å². The summed E-state index contributed by atoms with van der Waals surface area (Å²) in [5.74, 6) is 0.662. The van der Waals surface area contributed by atoms with Crippen molar-refractivity contribution in [3.05, 3.63) is 52.8 Å². The van der Waals surface area contributed by atoms with Crippen LogP contribution in [0.2, 0.25) is 5.02 Å². The van der Waals surface area contributed by atoms with Gasteiger partial charge in [0.15, 0.2) is 0 Å². The lowest BCUT2D eigenvalue weighted by Crippen LogP contribution is -2.28. The van der Waals surface area contributed by atoms with Crippen molar-refractivity contribution in [3.8, 4) is 23.2 Å². The summed E-state index contributed by atoms with van der Waals surface area (Å²) in [5.41, 5.74) is 3.55. The molecule has 0 radical (unpaired) electrons. The van der Waals surface area contributed by atoms with Crippen LogP contribution in [0, 0.1) is 11.3 Å². The van der Waals surface area contributed by atoms with Crippen LogP contribution in [0.4, 0.5) is 17.3 Å². The van der Waals surface area contributed by atoms with E-state index in [0.29, 0.717) is 53.6 Å².